The minimum absolute atomic E-state index is 0.217. The highest BCUT2D eigenvalue weighted by molar-refractivity contribution is 5.82. The number of H-pyrrole nitrogens is 1. The predicted molar refractivity (Wildman–Crippen MR) is 85.9 cm³/mol. The van der Waals surface area contributed by atoms with Crippen LogP contribution in [0.5, 0.6) is 5.75 Å². The zero-order chi connectivity index (χ0) is 16.2. The molecule has 1 aromatic heterocycles. The van der Waals surface area contributed by atoms with Crippen molar-refractivity contribution in [3.8, 4) is 5.75 Å². The molecule has 23 heavy (non-hydrogen) atoms. The summed E-state index contributed by atoms with van der Waals surface area (Å²) in [6, 6.07) is 14.4. The standard InChI is InChI=1S/C17H17N3O3/c1-23-12-6-4-5-11(9-12)16(21)17(22)18-10-15-19-13-7-2-3-8-14(13)20-15/h2-9,16,21H,10H2,1H3,(H,18,22)(H,19,20). The maximum atomic E-state index is 12.1. The summed E-state index contributed by atoms with van der Waals surface area (Å²) in [7, 11) is 1.53. The first-order chi connectivity index (χ1) is 11.2. The van der Waals surface area contributed by atoms with Gasteiger partial charge in [-0.15, -0.1) is 0 Å². The molecule has 0 bridgehead atoms. The summed E-state index contributed by atoms with van der Waals surface area (Å²) in [6.45, 7) is 0.217. The molecule has 1 amide bonds. The second-order valence-electron chi connectivity index (χ2n) is 5.10. The van der Waals surface area contributed by atoms with Gasteiger partial charge in [0.05, 0.1) is 24.7 Å². The van der Waals surface area contributed by atoms with Crippen molar-refractivity contribution >= 4 is 16.9 Å². The highest BCUT2D eigenvalue weighted by Crippen LogP contribution is 2.19. The van der Waals surface area contributed by atoms with E-state index in [1.54, 1.807) is 24.3 Å². The average Bonchev–Trinajstić information content (AvgIpc) is 3.02. The molecule has 3 aromatic rings. The van der Waals surface area contributed by atoms with Gasteiger partial charge >= 0.3 is 0 Å². The summed E-state index contributed by atoms with van der Waals surface area (Å²) in [6.07, 6.45) is -1.26. The third-order valence-corrected chi connectivity index (χ3v) is 3.53. The average molecular weight is 311 g/mol. The SMILES string of the molecule is COc1cccc(C(O)C(=O)NCc2nc3ccccc3[nH]2)c1. The lowest BCUT2D eigenvalue weighted by Crippen LogP contribution is -2.29. The molecule has 3 N–H and O–H groups in total. The number of aliphatic hydroxyl groups excluding tert-OH is 1. The highest BCUT2D eigenvalue weighted by Gasteiger charge is 2.18. The summed E-state index contributed by atoms with van der Waals surface area (Å²) < 4.78 is 5.09. The minimum atomic E-state index is -1.26. The highest BCUT2D eigenvalue weighted by atomic mass is 16.5. The summed E-state index contributed by atoms with van der Waals surface area (Å²) in [5.41, 5.74) is 2.22. The number of ether oxygens (including phenoxy) is 1. The number of amides is 1. The van der Waals surface area contributed by atoms with E-state index in [4.69, 9.17) is 4.74 Å². The van der Waals surface area contributed by atoms with E-state index in [-0.39, 0.29) is 6.54 Å². The number of aromatic nitrogens is 2. The molecule has 118 valence electrons. The van der Waals surface area contributed by atoms with Gasteiger partial charge in [0.25, 0.3) is 5.91 Å². The van der Waals surface area contributed by atoms with Crippen molar-refractivity contribution in [2.75, 3.05) is 7.11 Å². The van der Waals surface area contributed by atoms with E-state index < -0.39 is 12.0 Å². The Morgan fingerprint density at radius 1 is 1.30 bits per heavy atom. The summed E-state index contributed by atoms with van der Waals surface area (Å²) in [5.74, 6) is 0.739. The number of para-hydroxylation sites is 2. The summed E-state index contributed by atoms with van der Waals surface area (Å²) in [4.78, 5) is 19.6. The van der Waals surface area contributed by atoms with E-state index in [9.17, 15) is 9.90 Å². The predicted octanol–water partition coefficient (Wildman–Crippen LogP) is 1.92. The van der Waals surface area contributed by atoms with Crippen LogP contribution < -0.4 is 10.1 Å². The Hall–Kier alpha value is -2.86. The Bertz CT molecular complexity index is 796. The molecule has 0 fully saturated rings. The number of carbonyl (C=O) groups is 1. The number of hydrogen-bond acceptors (Lipinski definition) is 4. The minimum Gasteiger partial charge on any atom is -0.497 e. The first kappa shape index (κ1) is 15.1. The number of nitrogens with zero attached hydrogens (tertiary/aromatic N) is 1. The Morgan fingerprint density at radius 2 is 2.13 bits per heavy atom. The van der Waals surface area contributed by atoms with E-state index >= 15 is 0 Å². The van der Waals surface area contributed by atoms with E-state index in [1.165, 1.54) is 7.11 Å². The molecule has 1 heterocycles. The van der Waals surface area contributed by atoms with Gasteiger partial charge in [-0.3, -0.25) is 4.79 Å². The van der Waals surface area contributed by atoms with Gasteiger partial charge in [-0.2, -0.15) is 0 Å². The molecule has 0 saturated carbocycles. The number of hydrogen-bond donors (Lipinski definition) is 3. The number of carbonyl (C=O) groups excluding carboxylic acids is 1. The topological polar surface area (TPSA) is 87.2 Å². The number of nitrogens with one attached hydrogen (secondary N) is 2. The molecule has 0 aliphatic rings. The van der Waals surface area contributed by atoms with Crippen molar-refractivity contribution in [2.45, 2.75) is 12.6 Å². The van der Waals surface area contributed by atoms with Crippen molar-refractivity contribution in [2.24, 2.45) is 0 Å². The zero-order valence-electron chi connectivity index (χ0n) is 12.6. The molecule has 1 unspecified atom stereocenters. The van der Waals surface area contributed by atoms with Gasteiger partial charge in [0.1, 0.15) is 11.6 Å². The smallest absolute Gasteiger partial charge is 0.253 e. The van der Waals surface area contributed by atoms with Crippen molar-refractivity contribution in [3.05, 3.63) is 59.9 Å². The largest absolute Gasteiger partial charge is 0.497 e. The van der Waals surface area contributed by atoms with Crippen molar-refractivity contribution < 1.29 is 14.6 Å². The van der Waals surface area contributed by atoms with E-state index in [1.807, 2.05) is 24.3 Å². The number of imidazole rings is 1. The summed E-state index contributed by atoms with van der Waals surface area (Å²) in [5, 5.41) is 12.8. The van der Waals surface area contributed by atoms with Gasteiger partial charge in [-0.25, -0.2) is 4.98 Å². The Kier molecular flexibility index (Phi) is 4.25. The molecular weight excluding hydrogens is 294 g/mol. The van der Waals surface area contributed by atoms with Crippen molar-refractivity contribution in [1.29, 1.82) is 0 Å². The van der Waals surface area contributed by atoms with Crippen molar-refractivity contribution in [1.82, 2.24) is 15.3 Å². The molecular formula is C17H17N3O3. The molecule has 0 spiro atoms. The van der Waals surface area contributed by atoms with Crippen LogP contribution in [-0.4, -0.2) is 28.1 Å². The van der Waals surface area contributed by atoms with E-state index in [0.717, 1.165) is 11.0 Å². The molecule has 0 aliphatic carbocycles. The number of rotatable bonds is 5. The molecule has 0 saturated heterocycles. The van der Waals surface area contributed by atoms with Crippen molar-refractivity contribution in [3.63, 3.8) is 0 Å². The molecule has 0 aliphatic heterocycles. The van der Waals surface area contributed by atoms with Crippen LogP contribution in [-0.2, 0) is 11.3 Å². The van der Waals surface area contributed by atoms with E-state index in [2.05, 4.69) is 15.3 Å². The normalized spacial score (nSPS) is 12.1. The van der Waals surface area contributed by atoms with Crippen LogP contribution >= 0.6 is 0 Å². The molecule has 2 aromatic carbocycles. The fourth-order valence-corrected chi connectivity index (χ4v) is 2.32. The fourth-order valence-electron chi connectivity index (χ4n) is 2.32. The van der Waals surface area contributed by atoms with Gasteiger partial charge in [0, 0.05) is 0 Å². The number of aliphatic hydroxyl groups is 1. The Morgan fingerprint density at radius 3 is 2.91 bits per heavy atom. The Balaban J connectivity index is 1.66. The van der Waals surface area contributed by atoms with Crippen LogP contribution in [0.1, 0.15) is 17.5 Å². The third kappa shape index (κ3) is 3.32. The third-order valence-electron chi connectivity index (χ3n) is 3.53. The first-order valence-electron chi connectivity index (χ1n) is 7.21. The van der Waals surface area contributed by atoms with Crippen LogP contribution in [0.15, 0.2) is 48.5 Å². The Labute approximate surface area is 133 Å². The first-order valence-corrected chi connectivity index (χ1v) is 7.21. The zero-order valence-corrected chi connectivity index (χ0v) is 12.6. The van der Waals surface area contributed by atoms with Gasteiger partial charge in [0.2, 0.25) is 0 Å². The number of methoxy groups -OCH3 is 1. The second kappa shape index (κ2) is 6.50. The number of fused-ring (bicyclic) bond motifs is 1. The van der Waals surface area contributed by atoms with Gasteiger partial charge in [0.15, 0.2) is 6.10 Å². The monoisotopic (exact) mass is 311 g/mol. The lowest BCUT2D eigenvalue weighted by Gasteiger charge is -2.12. The quantitative estimate of drug-likeness (QED) is 0.672. The van der Waals surface area contributed by atoms with Gasteiger partial charge in [-0.1, -0.05) is 24.3 Å². The van der Waals surface area contributed by atoms with Crippen LogP contribution in [0.25, 0.3) is 11.0 Å². The maximum absolute atomic E-state index is 12.1. The van der Waals surface area contributed by atoms with Crippen LogP contribution in [0.4, 0.5) is 0 Å². The van der Waals surface area contributed by atoms with Crippen LogP contribution in [0, 0.1) is 0 Å². The lowest BCUT2D eigenvalue weighted by atomic mass is 10.1. The molecule has 1 atom stereocenters. The lowest BCUT2D eigenvalue weighted by molar-refractivity contribution is -0.129. The van der Waals surface area contributed by atoms with Gasteiger partial charge < -0.3 is 20.1 Å². The molecule has 6 heteroatoms. The number of aromatic amines is 1. The fraction of sp³-hybridized carbons (Fsp3) is 0.176. The molecule has 0 radical (unpaired) electrons. The van der Waals surface area contributed by atoms with Crippen LogP contribution in [0.2, 0.25) is 0 Å². The molecule has 3 rings (SSSR count). The number of benzene rings is 2. The molecule has 6 nitrogen and oxygen atoms in total. The van der Waals surface area contributed by atoms with Gasteiger partial charge in [-0.05, 0) is 29.8 Å². The summed E-state index contributed by atoms with van der Waals surface area (Å²) >= 11 is 0. The van der Waals surface area contributed by atoms with E-state index in [0.29, 0.717) is 17.1 Å². The second-order valence-corrected chi connectivity index (χ2v) is 5.10. The maximum Gasteiger partial charge on any atom is 0.253 e. The van der Waals surface area contributed by atoms with Crippen LogP contribution in [0.3, 0.4) is 0 Å².